The molecule has 2 aliphatic carbocycles. The Morgan fingerprint density at radius 2 is 1.76 bits per heavy atom. The van der Waals surface area contributed by atoms with Crippen LogP contribution in [0.1, 0.15) is 25.7 Å². The van der Waals surface area contributed by atoms with Crippen LogP contribution in [-0.4, -0.2) is 27.8 Å². The largest absolute Gasteiger partial charge is 0.353 e. The van der Waals surface area contributed by atoms with Crippen molar-refractivity contribution < 1.29 is 0 Å². The molecule has 5 rings (SSSR count). The molecule has 2 aromatic carbocycles. The number of benzene rings is 2. The van der Waals surface area contributed by atoms with Crippen LogP contribution in [0.25, 0.3) is 16.9 Å². The molecular formula is C22H21Cl2N5. The van der Waals surface area contributed by atoms with Gasteiger partial charge in [0.05, 0.1) is 22.4 Å². The van der Waals surface area contributed by atoms with Crippen LogP contribution >= 0.6 is 23.2 Å². The van der Waals surface area contributed by atoms with Crippen LogP contribution < -0.4 is 10.6 Å². The van der Waals surface area contributed by atoms with Gasteiger partial charge < -0.3 is 10.6 Å². The number of guanidine groups is 1. The number of halogens is 2. The molecule has 1 heterocycles. The van der Waals surface area contributed by atoms with E-state index in [1.807, 2.05) is 59.3 Å². The van der Waals surface area contributed by atoms with Gasteiger partial charge in [0.2, 0.25) is 0 Å². The summed E-state index contributed by atoms with van der Waals surface area (Å²) >= 11 is 12.6. The molecule has 0 bridgehead atoms. The number of nitrogens with one attached hydrogen (secondary N) is 2. The molecule has 2 aliphatic rings. The molecule has 0 unspecified atom stereocenters. The quantitative estimate of drug-likeness (QED) is 0.417. The Kier molecular flexibility index (Phi) is 4.94. The molecule has 1 aromatic heterocycles. The molecule has 0 radical (unpaired) electrons. The molecule has 0 aliphatic heterocycles. The normalized spacial score (nSPS) is 16.7. The Bertz CT molecular complexity index is 1050. The summed E-state index contributed by atoms with van der Waals surface area (Å²) in [6.07, 6.45) is 4.69. The van der Waals surface area contributed by atoms with Gasteiger partial charge in [0.25, 0.3) is 0 Å². The zero-order valence-electron chi connectivity index (χ0n) is 15.8. The number of nitrogens with zero attached hydrogens (tertiary/aromatic N) is 3. The van der Waals surface area contributed by atoms with Gasteiger partial charge in [-0.3, -0.25) is 0 Å². The number of hydrogen-bond acceptors (Lipinski definition) is 2. The number of para-hydroxylation sites is 1. The summed E-state index contributed by atoms with van der Waals surface area (Å²) in [5, 5.41) is 13.0. The Morgan fingerprint density at radius 3 is 2.45 bits per heavy atom. The summed E-state index contributed by atoms with van der Waals surface area (Å²) in [4.78, 5) is 4.78. The second-order valence-corrected chi connectivity index (χ2v) is 8.38. The lowest BCUT2D eigenvalue weighted by Gasteiger charge is -2.10. The van der Waals surface area contributed by atoms with Gasteiger partial charge in [0.1, 0.15) is 0 Å². The molecule has 0 spiro atoms. The molecule has 0 saturated heterocycles. The van der Waals surface area contributed by atoms with Gasteiger partial charge >= 0.3 is 0 Å². The molecule has 2 saturated carbocycles. The van der Waals surface area contributed by atoms with Crippen LogP contribution in [0.3, 0.4) is 0 Å². The first-order chi connectivity index (χ1) is 14.2. The second kappa shape index (κ2) is 7.73. The number of anilines is 1. The molecule has 5 nitrogen and oxygen atoms in total. The summed E-state index contributed by atoms with van der Waals surface area (Å²) in [5.41, 5.74) is 2.75. The predicted octanol–water partition coefficient (Wildman–Crippen LogP) is 5.53. The summed E-state index contributed by atoms with van der Waals surface area (Å²) < 4.78 is 1.86. The van der Waals surface area contributed by atoms with Gasteiger partial charge in [-0.1, -0.05) is 47.5 Å². The third kappa shape index (κ3) is 4.41. The Balaban J connectivity index is 1.53. The Labute approximate surface area is 179 Å². The van der Waals surface area contributed by atoms with E-state index in [9.17, 15) is 0 Å². The number of hydrogen-bond donors (Lipinski definition) is 2. The van der Waals surface area contributed by atoms with Gasteiger partial charge in [-0.15, -0.1) is 5.10 Å². The topological polar surface area (TPSA) is 54.2 Å². The highest BCUT2D eigenvalue weighted by Gasteiger charge is 2.26. The highest BCUT2D eigenvalue weighted by molar-refractivity contribution is 6.32. The van der Waals surface area contributed by atoms with Crippen molar-refractivity contribution in [3.8, 4) is 16.9 Å². The van der Waals surface area contributed by atoms with E-state index in [0.717, 1.165) is 41.6 Å². The molecule has 0 amide bonds. The molecule has 148 valence electrons. The van der Waals surface area contributed by atoms with Crippen LogP contribution in [0.4, 0.5) is 5.82 Å². The van der Waals surface area contributed by atoms with Crippen LogP contribution in [0.2, 0.25) is 10.0 Å². The fourth-order valence-electron chi connectivity index (χ4n) is 3.11. The van der Waals surface area contributed by atoms with Crippen LogP contribution in [0, 0.1) is 0 Å². The SMILES string of the molecule is Clc1ccc(-c2cc(NC(=NC3CC3)NC3CC3)nn2-c2ccccc2Cl)cc1. The van der Waals surface area contributed by atoms with Crippen LogP contribution in [-0.2, 0) is 0 Å². The summed E-state index contributed by atoms with van der Waals surface area (Å²) in [6.45, 7) is 0. The highest BCUT2D eigenvalue weighted by Crippen LogP contribution is 2.30. The fourth-order valence-corrected chi connectivity index (χ4v) is 3.45. The van der Waals surface area contributed by atoms with E-state index >= 15 is 0 Å². The van der Waals surface area contributed by atoms with Crippen molar-refractivity contribution in [3.05, 3.63) is 64.6 Å². The van der Waals surface area contributed by atoms with E-state index in [1.165, 1.54) is 12.8 Å². The Morgan fingerprint density at radius 1 is 1.00 bits per heavy atom. The summed E-state index contributed by atoms with van der Waals surface area (Å²) in [6, 6.07) is 18.4. The molecule has 3 aromatic rings. The van der Waals surface area contributed by atoms with Crippen LogP contribution in [0.15, 0.2) is 59.6 Å². The highest BCUT2D eigenvalue weighted by atomic mass is 35.5. The predicted molar refractivity (Wildman–Crippen MR) is 119 cm³/mol. The Hall–Kier alpha value is -2.50. The smallest absolute Gasteiger partial charge is 0.197 e. The lowest BCUT2D eigenvalue weighted by Crippen LogP contribution is -2.33. The van der Waals surface area contributed by atoms with E-state index in [2.05, 4.69) is 10.6 Å². The lowest BCUT2D eigenvalue weighted by molar-refractivity contribution is 0.873. The third-order valence-corrected chi connectivity index (χ3v) is 5.52. The minimum absolute atomic E-state index is 0.421. The minimum atomic E-state index is 0.421. The number of rotatable bonds is 5. The van der Waals surface area contributed by atoms with E-state index in [0.29, 0.717) is 22.1 Å². The summed E-state index contributed by atoms with van der Waals surface area (Å²) in [5.74, 6) is 1.53. The van der Waals surface area contributed by atoms with Gasteiger partial charge in [-0.2, -0.15) is 0 Å². The molecule has 0 atom stereocenters. The van der Waals surface area contributed by atoms with E-state index in [-0.39, 0.29) is 0 Å². The lowest BCUT2D eigenvalue weighted by atomic mass is 10.1. The summed E-state index contributed by atoms with van der Waals surface area (Å²) in [7, 11) is 0. The van der Waals surface area contributed by atoms with E-state index < -0.39 is 0 Å². The maximum atomic E-state index is 6.47. The van der Waals surface area contributed by atoms with Gasteiger partial charge in [-0.25, -0.2) is 9.67 Å². The zero-order chi connectivity index (χ0) is 19.8. The second-order valence-electron chi connectivity index (χ2n) is 7.54. The third-order valence-electron chi connectivity index (χ3n) is 4.95. The standard InChI is InChI=1S/C22H21Cl2N5/c23-15-7-5-14(6-8-15)20-13-21(28-29(20)19-4-2-1-3-18(19)24)27-22(25-16-9-10-16)26-17-11-12-17/h1-8,13,16-17H,9-12H2,(H2,25,26,27,28). The van der Waals surface area contributed by atoms with Crippen molar-refractivity contribution in [3.63, 3.8) is 0 Å². The number of aromatic nitrogens is 2. The average molecular weight is 426 g/mol. The zero-order valence-corrected chi connectivity index (χ0v) is 17.3. The van der Waals surface area contributed by atoms with Crippen molar-refractivity contribution in [2.24, 2.45) is 4.99 Å². The van der Waals surface area contributed by atoms with Crippen molar-refractivity contribution >= 4 is 35.0 Å². The van der Waals surface area contributed by atoms with Crippen molar-refractivity contribution in [2.45, 2.75) is 37.8 Å². The average Bonchev–Trinajstić information content (AvgIpc) is 3.64. The van der Waals surface area contributed by atoms with E-state index in [4.69, 9.17) is 33.3 Å². The van der Waals surface area contributed by atoms with Crippen molar-refractivity contribution in [1.82, 2.24) is 15.1 Å². The van der Waals surface area contributed by atoms with Crippen LogP contribution in [0.5, 0.6) is 0 Å². The molecular weight excluding hydrogens is 405 g/mol. The monoisotopic (exact) mass is 425 g/mol. The molecule has 7 heteroatoms. The minimum Gasteiger partial charge on any atom is -0.353 e. The maximum Gasteiger partial charge on any atom is 0.197 e. The first kappa shape index (κ1) is 18.5. The molecule has 2 N–H and O–H groups in total. The van der Waals surface area contributed by atoms with Gasteiger partial charge in [-0.05, 0) is 49.9 Å². The van der Waals surface area contributed by atoms with Crippen molar-refractivity contribution in [1.29, 1.82) is 0 Å². The maximum absolute atomic E-state index is 6.47. The van der Waals surface area contributed by atoms with Gasteiger partial charge in [0, 0.05) is 22.7 Å². The molecule has 2 fully saturated rings. The fraction of sp³-hybridized carbons (Fsp3) is 0.273. The van der Waals surface area contributed by atoms with E-state index in [1.54, 1.807) is 0 Å². The van der Waals surface area contributed by atoms with Gasteiger partial charge in [0.15, 0.2) is 11.8 Å². The van der Waals surface area contributed by atoms with Crippen molar-refractivity contribution in [2.75, 3.05) is 5.32 Å². The number of aliphatic imine (C=N–C) groups is 1. The molecule has 29 heavy (non-hydrogen) atoms. The first-order valence-corrected chi connectivity index (χ1v) is 10.6. The first-order valence-electron chi connectivity index (χ1n) is 9.88.